The Balaban J connectivity index is 1.69. The van der Waals surface area contributed by atoms with E-state index < -0.39 is 14.9 Å². The van der Waals surface area contributed by atoms with Gasteiger partial charge in [-0.25, -0.2) is 8.42 Å². The second-order valence-electron chi connectivity index (χ2n) is 6.64. The number of non-ortho nitro benzene ring substituents is 1. The van der Waals surface area contributed by atoms with E-state index in [4.69, 9.17) is 4.74 Å². The molecule has 2 aromatic heterocycles. The Bertz CT molecular complexity index is 1400. The van der Waals surface area contributed by atoms with Gasteiger partial charge in [-0.15, -0.1) is 10.2 Å². The zero-order valence-electron chi connectivity index (χ0n) is 16.8. The minimum atomic E-state index is -4.21. The molecule has 0 amide bonds. The van der Waals surface area contributed by atoms with Gasteiger partial charge >= 0.3 is 0 Å². The van der Waals surface area contributed by atoms with Gasteiger partial charge in [-0.05, 0) is 30.3 Å². The third-order valence-electron chi connectivity index (χ3n) is 4.64. The van der Waals surface area contributed by atoms with Gasteiger partial charge in [-0.3, -0.25) is 19.2 Å². The quantitative estimate of drug-likeness (QED) is 0.306. The van der Waals surface area contributed by atoms with Crippen LogP contribution in [0.25, 0.3) is 5.65 Å². The van der Waals surface area contributed by atoms with Crippen molar-refractivity contribution in [3.05, 3.63) is 82.8 Å². The number of hydrogen-bond acceptors (Lipinski definition) is 8. The molecule has 0 bridgehead atoms. The lowest BCUT2D eigenvalue weighted by atomic mass is 10.3. The van der Waals surface area contributed by atoms with E-state index in [0.29, 0.717) is 17.2 Å². The summed E-state index contributed by atoms with van der Waals surface area (Å²) in [5.74, 6) is 0.853. The molecule has 0 atom stereocenters. The van der Waals surface area contributed by atoms with Crippen LogP contribution in [0.4, 0.5) is 17.1 Å². The lowest BCUT2D eigenvalue weighted by molar-refractivity contribution is -0.385. The predicted molar refractivity (Wildman–Crippen MR) is 117 cm³/mol. The van der Waals surface area contributed by atoms with Gasteiger partial charge in [0, 0.05) is 18.3 Å². The Hall–Kier alpha value is -4.19. The number of sulfonamides is 1. The van der Waals surface area contributed by atoms with Crippen LogP contribution < -0.4 is 14.8 Å². The minimum absolute atomic E-state index is 0.139. The predicted octanol–water partition coefficient (Wildman–Crippen LogP) is 3.06. The molecule has 4 rings (SSSR count). The molecule has 2 heterocycles. The molecule has 11 nitrogen and oxygen atoms in total. The molecule has 0 unspecified atom stereocenters. The van der Waals surface area contributed by atoms with Crippen LogP contribution in [0, 0.1) is 10.1 Å². The number of nitrogens with zero attached hydrogens (tertiary/aromatic N) is 4. The summed E-state index contributed by atoms with van der Waals surface area (Å²) in [6.07, 6.45) is 1.78. The molecule has 0 spiro atoms. The lowest BCUT2D eigenvalue weighted by Gasteiger charge is -2.15. The van der Waals surface area contributed by atoms with Gasteiger partial charge in [0.05, 0.1) is 30.0 Å². The number of aromatic nitrogens is 3. The SMILES string of the molecule is COc1ccccc1NS(=O)(=O)c1cc([N+](=O)[O-])ccc1NCc1nnc2ccccn12. The van der Waals surface area contributed by atoms with Crippen molar-refractivity contribution in [2.45, 2.75) is 11.4 Å². The zero-order chi connectivity index (χ0) is 22.7. The normalized spacial score (nSPS) is 11.3. The number of hydrogen-bond donors (Lipinski definition) is 2. The van der Waals surface area contributed by atoms with Crippen molar-refractivity contribution in [3.8, 4) is 5.75 Å². The second-order valence-corrected chi connectivity index (χ2v) is 8.29. The van der Waals surface area contributed by atoms with Crippen LogP contribution in [0.5, 0.6) is 5.75 Å². The van der Waals surface area contributed by atoms with Gasteiger partial charge in [-0.2, -0.15) is 0 Å². The maximum Gasteiger partial charge on any atom is 0.270 e. The van der Waals surface area contributed by atoms with E-state index in [1.165, 1.54) is 25.3 Å². The number of rotatable bonds is 8. The molecule has 0 radical (unpaired) electrons. The monoisotopic (exact) mass is 454 g/mol. The van der Waals surface area contributed by atoms with E-state index in [-0.39, 0.29) is 28.5 Å². The average molecular weight is 454 g/mol. The number of benzene rings is 2. The summed E-state index contributed by atoms with van der Waals surface area (Å²) < 4.78 is 35.7. The summed E-state index contributed by atoms with van der Waals surface area (Å²) in [5, 5.41) is 22.4. The van der Waals surface area contributed by atoms with Gasteiger partial charge in [0.15, 0.2) is 11.5 Å². The highest BCUT2D eigenvalue weighted by molar-refractivity contribution is 7.93. The van der Waals surface area contributed by atoms with E-state index in [9.17, 15) is 18.5 Å². The Kier molecular flexibility index (Phi) is 5.60. The largest absolute Gasteiger partial charge is 0.495 e. The maximum absolute atomic E-state index is 13.2. The molecule has 0 fully saturated rings. The molecule has 0 aliphatic carbocycles. The first-order chi connectivity index (χ1) is 15.4. The van der Waals surface area contributed by atoms with Crippen LogP contribution in [0.2, 0.25) is 0 Å². The van der Waals surface area contributed by atoms with Gasteiger partial charge in [0.2, 0.25) is 0 Å². The fraction of sp³-hybridized carbons (Fsp3) is 0.100. The number of ether oxygens (including phenoxy) is 1. The van der Waals surface area contributed by atoms with Crippen LogP contribution >= 0.6 is 0 Å². The van der Waals surface area contributed by atoms with Crippen LogP contribution in [0.1, 0.15) is 5.82 Å². The molecular formula is C20H18N6O5S. The first kappa shape index (κ1) is 21.1. The molecule has 0 saturated heterocycles. The van der Waals surface area contributed by atoms with Gasteiger partial charge in [0.1, 0.15) is 10.6 Å². The van der Waals surface area contributed by atoms with E-state index >= 15 is 0 Å². The van der Waals surface area contributed by atoms with Crippen molar-refractivity contribution >= 4 is 32.7 Å². The van der Waals surface area contributed by atoms with Crippen molar-refractivity contribution in [1.82, 2.24) is 14.6 Å². The van der Waals surface area contributed by atoms with Gasteiger partial charge in [0.25, 0.3) is 15.7 Å². The van der Waals surface area contributed by atoms with E-state index in [1.54, 1.807) is 34.9 Å². The molecule has 0 saturated carbocycles. The van der Waals surface area contributed by atoms with Crippen molar-refractivity contribution in [3.63, 3.8) is 0 Å². The fourth-order valence-corrected chi connectivity index (χ4v) is 4.38. The van der Waals surface area contributed by atoms with Crippen molar-refractivity contribution in [1.29, 1.82) is 0 Å². The number of nitro groups is 1. The molecule has 0 aliphatic heterocycles. The summed E-state index contributed by atoms with van der Waals surface area (Å²) in [4.78, 5) is 10.3. The van der Waals surface area contributed by atoms with E-state index in [0.717, 1.165) is 6.07 Å². The first-order valence-corrected chi connectivity index (χ1v) is 10.8. The molecule has 2 aromatic carbocycles. The van der Waals surface area contributed by atoms with Gasteiger partial charge in [-0.1, -0.05) is 18.2 Å². The Morgan fingerprint density at radius 3 is 2.62 bits per heavy atom. The number of methoxy groups -OCH3 is 1. The summed E-state index contributed by atoms with van der Waals surface area (Å²) in [7, 11) is -2.79. The first-order valence-electron chi connectivity index (χ1n) is 9.36. The van der Waals surface area contributed by atoms with Crippen LogP contribution in [-0.4, -0.2) is 35.0 Å². The highest BCUT2D eigenvalue weighted by Gasteiger charge is 2.24. The van der Waals surface area contributed by atoms with E-state index in [1.807, 2.05) is 12.1 Å². The highest BCUT2D eigenvalue weighted by atomic mass is 32.2. The molecule has 12 heteroatoms. The topological polar surface area (TPSA) is 141 Å². The Labute approximate surface area is 182 Å². The average Bonchev–Trinajstić information content (AvgIpc) is 3.20. The summed E-state index contributed by atoms with van der Waals surface area (Å²) >= 11 is 0. The number of para-hydroxylation sites is 2. The third kappa shape index (κ3) is 4.16. The minimum Gasteiger partial charge on any atom is -0.495 e. The summed E-state index contributed by atoms with van der Waals surface area (Å²) in [6.45, 7) is 0.139. The van der Waals surface area contributed by atoms with Gasteiger partial charge < -0.3 is 10.1 Å². The number of anilines is 2. The summed E-state index contributed by atoms with van der Waals surface area (Å²) in [6, 6.07) is 15.5. The van der Waals surface area contributed by atoms with Crippen LogP contribution in [0.15, 0.2) is 71.8 Å². The Morgan fingerprint density at radius 2 is 1.84 bits per heavy atom. The number of nitro benzene ring substituents is 1. The maximum atomic E-state index is 13.2. The molecular weight excluding hydrogens is 436 g/mol. The molecule has 164 valence electrons. The van der Waals surface area contributed by atoms with Crippen molar-refractivity contribution < 1.29 is 18.1 Å². The number of pyridine rings is 1. The van der Waals surface area contributed by atoms with Crippen molar-refractivity contribution in [2.24, 2.45) is 0 Å². The van der Waals surface area contributed by atoms with Crippen LogP contribution in [0.3, 0.4) is 0 Å². The third-order valence-corrected chi connectivity index (χ3v) is 6.04. The Morgan fingerprint density at radius 1 is 1.06 bits per heavy atom. The van der Waals surface area contributed by atoms with Crippen LogP contribution in [-0.2, 0) is 16.6 Å². The fourth-order valence-electron chi connectivity index (χ4n) is 3.11. The van der Waals surface area contributed by atoms with E-state index in [2.05, 4.69) is 20.2 Å². The summed E-state index contributed by atoms with van der Waals surface area (Å²) in [5.41, 5.74) is 0.657. The smallest absolute Gasteiger partial charge is 0.270 e. The standard InChI is InChI=1S/C20H18N6O5S/c1-31-17-7-3-2-6-15(17)24-32(29,30)18-12-14(26(27)28)9-10-16(18)21-13-20-23-22-19-8-4-5-11-25(19)20/h2-12,21,24H,13H2,1H3. The number of nitrogens with one attached hydrogen (secondary N) is 2. The molecule has 0 aliphatic rings. The highest BCUT2D eigenvalue weighted by Crippen LogP contribution is 2.31. The number of fused-ring (bicyclic) bond motifs is 1. The zero-order valence-corrected chi connectivity index (χ0v) is 17.6. The molecule has 2 N–H and O–H groups in total. The lowest BCUT2D eigenvalue weighted by Crippen LogP contribution is -2.16. The molecule has 32 heavy (non-hydrogen) atoms. The molecule has 4 aromatic rings. The second kappa shape index (κ2) is 8.51. The van der Waals surface area contributed by atoms with Crippen molar-refractivity contribution in [2.75, 3.05) is 17.1 Å².